The maximum atomic E-state index is 6.07. The molecular formula is C24H34N4O2. The molecular weight excluding hydrogens is 376 g/mol. The van der Waals surface area contributed by atoms with Gasteiger partial charge in [-0.25, -0.2) is 0 Å². The van der Waals surface area contributed by atoms with Gasteiger partial charge in [0.25, 0.3) is 0 Å². The van der Waals surface area contributed by atoms with Gasteiger partial charge in [-0.2, -0.15) is 0 Å². The minimum Gasteiger partial charge on any atom is -0.492 e. The molecule has 2 aromatic rings. The largest absolute Gasteiger partial charge is 0.492 e. The third kappa shape index (κ3) is 5.97. The van der Waals surface area contributed by atoms with Crippen molar-refractivity contribution in [1.29, 1.82) is 0 Å². The van der Waals surface area contributed by atoms with E-state index < -0.39 is 0 Å². The lowest BCUT2D eigenvalue weighted by atomic mass is 10.0. The number of hydrogen-bond acceptors (Lipinski definition) is 4. The van der Waals surface area contributed by atoms with Crippen LogP contribution in [0.5, 0.6) is 5.75 Å². The summed E-state index contributed by atoms with van der Waals surface area (Å²) in [5.41, 5.74) is 3.63. The van der Waals surface area contributed by atoms with E-state index in [-0.39, 0.29) is 6.10 Å². The van der Waals surface area contributed by atoms with E-state index in [1.54, 1.807) is 0 Å². The average Bonchev–Trinajstić information content (AvgIpc) is 2.75. The van der Waals surface area contributed by atoms with Crippen molar-refractivity contribution in [2.24, 2.45) is 4.99 Å². The maximum absolute atomic E-state index is 6.07. The van der Waals surface area contributed by atoms with Crippen LogP contribution in [0.1, 0.15) is 22.8 Å². The van der Waals surface area contributed by atoms with Gasteiger partial charge in [-0.15, -0.1) is 0 Å². The number of para-hydroxylation sites is 1. The summed E-state index contributed by atoms with van der Waals surface area (Å²) in [6, 6.07) is 16.6. The smallest absolute Gasteiger partial charge is 0.194 e. The van der Waals surface area contributed by atoms with Crippen LogP contribution in [-0.4, -0.2) is 69.8 Å². The van der Waals surface area contributed by atoms with E-state index in [2.05, 4.69) is 57.4 Å². The monoisotopic (exact) mass is 410 g/mol. The Kier molecular flexibility index (Phi) is 8.11. The van der Waals surface area contributed by atoms with Crippen molar-refractivity contribution in [2.75, 3.05) is 54.0 Å². The van der Waals surface area contributed by atoms with Gasteiger partial charge >= 0.3 is 0 Å². The number of nitrogens with one attached hydrogen (secondary N) is 1. The van der Waals surface area contributed by atoms with Crippen LogP contribution in [0, 0.1) is 6.92 Å². The quantitative estimate of drug-likeness (QED) is 0.562. The lowest BCUT2D eigenvalue weighted by Gasteiger charge is -2.35. The van der Waals surface area contributed by atoms with Crippen molar-refractivity contribution in [1.82, 2.24) is 15.1 Å². The first-order valence-corrected chi connectivity index (χ1v) is 10.6. The molecule has 1 atom stereocenters. The molecule has 0 aromatic heterocycles. The van der Waals surface area contributed by atoms with Crippen LogP contribution in [0.15, 0.2) is 53.5 Å². The SMILES string of the molecule is CN=C(NCc1ccccc1OCCN(C)C)N1CCOC(c2ccccc2C)C1. The molecule has 3 rings (SSSR count). The lowest BCUT2D eigenvalue weighted by molar-refractivity contribution is -0.00834. The molecule has 0 bridgehead atoms. The Labute approximate surface area is 180 Å². The van der Waals surface area contributed by atoms with Crippen LogP contribution in [-0.2, 0) is 11.3 Å². The molecule has 0 amide bonds. The van der Waals surface area contributed by atoms with E-state index in [1.807, 2.05) is 39.3 Å². The molecule has 6 nitrogen and oxygen atoms in total. The van der Waals surface area contributed by atoms with E-state index in [4.69, 9.17) is 9.47 Å². The summed E-state index contributed by atoms with van der Waals surface area (Å²) in [4.78, 5) is 8.91. The van der Waals surface area contributed by atoms with Gasteiger partial charge in [0.05, 0.1) is 13.2 Å². The highest BCUT2D eigenvalue weighted by molar-refractivity contribution is 5.80. The van der Waals surface area contributed by atoms with Crippen molar-refractivity contribution in [3.05, 3.63) is 65.2 Å². The fraction of sp³-hybridized carbons (Fsp3) is 0.458. The van der Waals surface area contributed by atoms with Crippen LogP contribution in [0.25, 0.3) is 0 Å². The van der Waals surface area contributed by atoms with E-state index in [0.29, 0.717) is 19.8 Å². The van der Waals surface area contributed by atoms with Crippen molar-refractivity contribution < 1.29 is 9.47 Å². The first kappa shape index (κ1) is 22.1. The molecule has 2 aromatic carbocycles. The summed E-state index contributed by atoms with van der Waals surface area (Å²) in [5, 5.41) is 3.51. The van der Waals surface area contributed by atoms with Crippen molar-refractivity contribution in [2.45, 2.75) is 19.6 Å². The Hall–Kier alpha value is -2.57. The zero-order valence-corrected chi connectivity index (χ0v) is 18.6. The Balaban J connectivity index is 1.62. The molecule has 6 heteroatoms. The van der Waals surface area contributed by atoms with Gasteiger partial charge in [-0.05, 0) is 38.2 Å². The average molecular weight is 411 g/mol. The van der Waals surface area contributed by atoms with Gasteiger partial charge in [0.2, 0.25) is 0 Å². The Bertz CT molecular complexity index is 837. The summed E-state index contributed by atoms with van der Waals surface area (Å²) >= 11 is 0. The van der Waals surface area contributed by atoms with Gasteiger partial charge in [-0.1, -0.05) is 42.5 Å². The van der Waals surface area contributed by atoms with E-state index in [0.717, 1.165) is 36.9 Å². The Morgan fingerprint density at radius 2 is 1.97 bits per heavy atom. The predicted octanol–water partition coefficient (Wildman–Crippen LogP) is 3.08. The zero-order chi connectivity index (χ0) is 21.3. The van der Waals surface area contributed by atoms with Crippen LogP contribution >= 0.6 is 0 Å². The third-order valence-electron chi connectivity index (χ3n) is 5.32. The van der Waals surface area contributed by atoms with E-state index in [9.17, 15) is 0 Å². The van der Waals surface area contributed by atoms with Crippen molar-refractivity contribution in [3.63, 3.8) is 0 Å². The summed E-state index contributed by atoms with van der Waals surface area (Å²) in [5.74, 6) is 1.81. The molecule has 1 unspecified atom stereocenters. The van der Waals surface area contributed by atoms with Crippen LogP contribution in [0.4, 0.5) is 0 Å². The van der Waals surface area contributed by atoms with Gasteiger partial charge in [0.15, 0.2) is 5.96 Å². The Morgan fingerprint density at radius 3 is 2.73 bits per heavy atom. The van der Waals surface area contributed by atoms with Gasteiger partial charge < -0.3 is 24.6 Å². The number of hydrogen-bond donors (Lipinski definition) is 1. The van der Waals surface area contributed by atoms with Crippen molar-refractivity contribution in [3.8, 4) is 5.75 Å². The summed E-state index contributed by atoms with van der Waals surface area (Å²) in [7, 11) is 5.93. The predicted molar refractivity (Wildman–Crippen MR) is 122 cm³/mol. The number of aliphatic imine (C=N–C) groups is 1. The lowest BCUT2D eigenvalue weighted by Crippen LogP contribution is -2.48. The molecule has 0 spiro atoms. The van der Waals surface area contributed by atoms with E-state index in [1.165, 1.54) is 11.1 Å². The number of aryl methyl sites for hydroxylation is 1. The molecule has 1 heterocycles. The molecule has 1 saturated heterocycles. The molecule has 0 aliphatic carbocycles. The highest BCUT2D eigenvalue weighted by atomic mass is 16.5. The molecule has 1 N–H and O–H groups in total. The van der Waals surface area contributed by atoms with Crippen LogP contribution in [0.3, 0.4) is 0 Å². The normalized spacial score (nSPS) is 17.3. The standard InChI is InChI=1S/C24H34N4O2/c1-19-9-5-7-11-21(19)23-18-28(14-16-30-23)24(25-2)26-17-20-10-6-8-12-22(20)29-15-13-27(3)4/h5-12,23H,13-18H2,1-4H3,(H,25,26). The molecule has 1 aliphatic heterocycles. The molecule has 0 saturated carbocycles. The third-order valence-corrected chi connectivity index (χ3v) is 5.32. The number of guanidine groups is 1. The number of benzene rings is 2. The van der Waals surface area contributed by atoms with Gasteiger partial charge in [0.1, 0.15) is 18.5 Å². The second-order valence-corrected chi connectivity index (χ2v) is 7.82. The zero-order valence-electron chi connectivity index (χ0n) is 18.6. The Morgan fingerprint density at radius 1 is 1.20 bits per heavy atom. The summed E-state index contributed by atoms with van der Waals surface area (Å²) < 4.78 is 12.1. The van der Waals surface area contributed by atoms with Gasteiger partial charge in [-0.3, -0.25) is 4.99 Å². The molecule has 30 heavy (non-hydrogen) atoms. The molecule has 0 radical (unpaired) electrons. The number of rotatable bonds is 7. The second kappa shape index (κ2) is 11.0. The maximum Gasteiger partial charge on any atom is 0.194 e. The molecule has 162 valence electrons. The van der Waals surface area contributed by atoms with Crippen LogP contribution in [0.2, 0.25) is 0 Å². The number of likely N-dealkylation sites (N-methyl/N-ethyl adjacent to an activating group) is 1. The topological polar surface area (TPSA) is 49.3 Å². The minimum absolute atomic E-state index is 0.0557. The second-order valence-electron chi connectivity index (χ2n) is 7.82. The minimum atomic E-state index is 0.0557. The molecule has 1 aliphatic rings. The van der Waals surface area contributed by atoms with Gasteiger partial charge in [0, 0.05) is 32.2 Å². The number of ether oxygens (including phenoxy) is 2. The highest BCUT2D eigenvalue weighted by Gasteiger charge is 2.25. The first-order valence-electron chi connectivity index (χ1n) is 10.6. The number of morpholine rings is 1. The molecule has 1 fully saturated rings. The fourth-order valence-electron chi connectivity index (χ4n) is 3.61. The summed E-state index contributed by atoms with van der Waals surface area (Å²) in [6.45, 7) is 6.64. The number of nitrogens with zero attached hydrogens (tertiary/aromatic N) is 3. The van der Waals surface area contributed by atoms with E-state index >= 15 is 0 Å². The fourth-order valence-corrected chi connectivity index (χ4v) is 3.61. The van der Waals surface area contributed by atoms with Crippen molar-refractivity contribution >= 4 is 5.96 Å². The first-order chi connectivity index (χ1) is 14.6. The highest BCUT2D eigenvalue weighted by Crippen LogP contribution is 2.25. The van der Waals surface area contributed by atoms with Crippen LogP contribution < -0.4 is 10.1 Å². The summed E-state index contributed by atoms with van der Waals surface area (Å²) in [6.07, 6.45) is 0.0557.